The standard InChI is InChI=1S/C11H17F3N2O2/c1-9(6-10(17)18)7-15-2-4-16(5-3-15)8-11(12,13)14/h6H,2-5,7-8H2,1H3,(H,17,18). The number of piperazine rings is 1. The van der Waals surface area contributed by atoms with Crippen LogP contribution in [0.15, 0.2) is 11.6 Å². The number of carbonyl (C=O) groups is 1. The number of rotatable bonds is 4. The smallest absolute Gasteiger partial charge is 0.401 e. The van der Waals surface area contributed by atoms with Gasteiger partial charge in [-0.1, -0.05) is 5.57 Å². The highest BCUT2D eigenvalue weighted by Crippen LogP contribution is 2.17. The van der Waals surface area contributed by atoms with Gasteiger partial charge in [-0.3, -0.25) is 9.80 Å². The van der Waals surface area contributed by atoms with Crippen LogP contribution in [0.1, 0.15) is 6.92 Å². The zero-order valence-corrected chi connectivity index (χ0v) is 10.2. The Balaban J connectivity index is 2.34. The Kier molecular flexibility index (Phi) is 5.15. The van der Waals surface area contributed by atoms with E-state index in [9.17, 15) is 18.0 Å². The predicted molar refractivity (Wildman–Crippen MR) is 60.3 cm³/mol. The van der Waals surface area contributed by atoms with Crippen molar-refractivity contribution in [1.82, 2.24) is 9.80 Å². The van der Waals surface area contributed by atoms with E-state index in [1.807, 2.05) is 4.90 Å². The molecule has 7 heteroatoms. The first-order valence-electron chi connectivity index (χ1n) is 5.68. The van der Waals surface area contributed by atoms with Gasteiger partial charge in [-0.05, 0) is 6.92 Å². The van der Waals surface area contributed by atoms with E-state index in [4.69, 9.17) is 5.11 Å². The molecule has 0 amide bonds. The number of nitrogens with zero attached hydrogens (tertiary/aromatic N) is 2. The maximum atomic E-state index is 12.2. The summed E-state index contributed by atoms with van der Waals surface area (Å²) in [5, 5.41) is 8.55. The lowest BCUT2D eigenvalue weighted by atomic mass is 10.2. The molecule has 0 bridgehead atoms. The van der Waals surface area contributed by atoms with E-state index in [0.717, 1.165) is 6.08 Å². The molecule has 0 aromatic rings. The largest absolute Gasteiger partial charge is 0.478 e. The number of hydrogen-bond donors (Lipinski definition) is 1. The van der Waals surface area contributed by atoms with Crippen LogP contribution in [0.3, 0.4) is 0 Å². The zero-order chi connectivity index (χ0) is 13.8. The molecule has 18 heavy (non-hydrogen) atoms. The Hall–Kier alpha value is -1.08. The van der Waals surface area contributed by atoms with Gasteiger partial charge in [0.25, 0.3) is 0 Å². The van der Waals surface area contributed by atoms with Crippen molar-refractivity contribution in [2.75, 3.05) is 39.3 Å². The van der Waals surface area contributed by atoms with Gasteiger partial charge in [0.05, 0.1) is 6.54 Å². The molecule has 1 aliphatic rings. The maximum Gasteiger partial charge on any atom is 0.401 e. The minimum atomic E-state index is -4.15. The molecule has 0 saturated carbocycles. The minimum Gasteiger partial charge on any atom is -0.478 e. The van der Waals surface area contributed by atoms with Crippen molar-refractivity contribution in [3.8, 4) is 0 Å². The molecule has 0 aromatic heterocycles. The fourth-order valence-corrected chi connectivity index (χ4v) is 1.97. The summed E-state index contributed by atoms with van der Waals surface area (Å²) in [4.78, 5) is 13.8. The topological polar surface area (TPSA) is 43.8 Å². The van der Waals surface area contributed by atoms with Crippen molar-refractivity contribution >= 4 is 5.97 Å². The molecular weight excluding hydrogens is 249 g/mol. The highest BCUT2D eigenvalue weighted by molar-refractivity contribution is 5.80. The van der Waals surface area contributed by atoms with E-state index in [2.05, 4.69) is 0 Å². The van der Waals surface area contributed by atoms with Gasteiger partial charge < -0.3 is 5.11 Å². The lowest BCUT2D eigenvalue weighted by Gasteiger charge is -2.35. The van der Waals surface area contributed by atoms with Crippen molar-refractivity contribution in [1.29, 1.82) is 0 Å². The average molecular weight is 266 g/mol. The highest BCUT2D eigenvalue weighted by Gasteiger charge is 2.31. The Morgan fingerprint density at radius 2 is 1.72 bits per heavy atom. The van der Waals surface area contributed by atoms with E-state index >= 15 is 0 Å². The van der Waals surface area contributed by atoms with Gasteiger partial charge in [0, 0.05) is 38.8 Å². The number of aliphatic carboxylic acids is 1. The fourth-order valence-electron chi connectivity index (χ4n) is 1.97. The third-order valence-electron chi connectivity index (χ3n) is 2.71. The van der Waals surface area contributed by atoms with Gasteiger partial charge in [-0.25, -0.2) is 4.79 Å². The quantitative estimate of drug-likeness (QED) is 0.776. The van der Waals surface area contributed by atoms with E-state index in [1.54, 1.807) is 6.92 Å². The van der Waals surface area contributed by atoms with E-state index in [0.29, 0.717) is 38.3 Å². The SMILES string of the molecule is CC(=CC(=O)O)CN1CCN(CC(F)(F)F)CC1. The molecule has 1 aliphatic heterocycles. The Morgan fingerprint density at radius 1 is 1.22 bits per heavy atom. The predicted octanol–water partition coefficient (Wildman–Crippen LogP) is 1.20. The summed E-state index contributed by atoms with van der Waals surface area (Å²) in [7, 11) is 0. The minimum absolute atomic E-state index is 0.361. The first-order valence-corrected chi connectivity index (χ1v) is 5.68. The third kappa shape index (κ3) is 6.02. The van der Waals surface area contributed by atoms with Crippen LogP contribution in [0, 0.1) is 0 Å². The highest BCUT2D eigenvalue weighted by atomic mass is 19.4. The van der Waals surface area contributed by atoms with Gasteiger partial charge in [-0.15, -0.1) is 0 Å². The molecule has 1 rings (SSSR count). The van der Waals surface area contributed by atoms with E-state index in [1.165, 1.54) is 4.90 Å². The van der Waals surface area contributed by atoms with Crippen molar-refractivity contribution in [2.24, 2.45) is 0 Å². The summed E-state index contributed by atoms with van der Waals surface area (Å²) in [5.41, 5.74) is 0.701. The summed E-state index contributed by atoms with van der Waals surface area (Å²) in [5.74, 6) is -0.997. The Labute approximate surface area is 104 Å². The fraction of sp³-hybridized carbons (Fsp3) is 0.727. The molecule has 1 saturated heterocycles. The van der Waals surface area contributed by atoms with Gasteiger partial charge in [0.2, 0.25) is 0 Å². The lowest BCUT2D eigenvalue weighted by molar-refractivity contribution is -0.149. The Morgan fingerprint density at radius 3 is 2.17 bits per heavy atom. The third-order valence-corrected chi connectivity index (χ3v) is 2.71. The number of hydrogen-bond acceptors (Lipinski definition) is 3. The zero-order valence-electron chi connectivity index (χ0n) is 10.2. The van der Waals surface area contributed by atoms with Crippen LogP contribution in [-0.4, -0.2) is 66.3 Å². The van der Waals surface area contributed by atoms with Crippen molar-refractivity contribution in [2.45, 2.75) is 13.1 Å². The monoisotopic (exact) mass is 266 g/mol. The summed E-state index contributed by atoms with van der Waals surface area (Å²) in [6.45, 7) is 3.11. The number of carboxylic acids is 1. The van der Waals surface area contributed by atoms with Crippen LogP contribution in [0.25, 0.3) is 0 Å². The van der Waals surface area contributed by atoms with Gasteiger partial charge >= 0.3 is 12.1 Å². The average Bonchev–Trinajstić information content (AvgIpc) is 2.17. The Bertz CT molecular complexity index is 321. The molecule has 104 valence electrons. The van der Waals surface area contributed by atoms with Crippen molar-refractivity contribution in [3.05, 3.63) is 11.6 Å². The number of carboxylic acid groups (broad SMARTS) is 1. The van der Waals surface area contributed by atoms with E-state index < -0.39 is 18.7 Å². The second kappa shape index (κ2) is 6.19. The van der Waals surface area contributed by atoms with Crippen LogP contribution >= 0.6 is 0 Å². The molecule has 1 N–H and O–H groups in total. The van der Waals surface area contributed by atoms with Crippen molar-refractivity contribution < 1.29 is 23.1 Å². The summed E-state index contributed by atoms with van der Waals surface area (Å²) >= 11 is 0. The number of halogens is 3. The normalized spacial score (nSPS) is 20.1. The second-order valence-corrected chi connectivity index (χ2v) is 4.50. The molecule has 0 aliphatic carbocycles. The lowest BCUT2D eigenvalue weighted by Crippen LogP contribution is -2.49. The number of alkyl halides is 3. The first kappa shape index (κ1) is 15.0. The molecule has 1 heterocycles. The summed E-state index contributed by atoms with van der Waals surface area (Å²) in [6.07, 6.45) is -3.02. The van der Waals surface area contributed by atoms with Gasteiger partial charge in [-0.2, -0.15) is 13.2 Å². The first-order chi connectivity index (χ1) is 8.26. The molecular formula is C11H17F3N2O2. The second-order valence-electron chi connectivity index (χ2n) is 4.50. The van der Waals surface area contributed by atoms with Crippen LogP contribution in [0.4, 0.5) is 13.2 Å². The molecule has 0 atom stereocenters. The van der Waals surface area contributed by atoms with Crippen LogP contribution in [0.2, 0.25) is 0 Å². The molecule has 1 fully saturated rings. The molecule has 4 nitrogen and oxygen atoms in total. The van der Waals surface area contributed by atoms with Crippen LogP contribution in [0.5, 0.6) is 0 Å². The molecule has 0 spiro atoms. The van der Waals surface area contributed by atoms with E-state index in [-0.39, 0.29) is 0 Å². The summed E-state index contributed by atoms with van der Waals surface area (Å²) < 4.78 is 36.5. The molecule has 0 radical (unpaired) electrons. The molecule has 0 aromatic carbocycles. The maximum absolute atomic E-state index is 12.2. The van der Waals surface area contributed by atoms with Gasteiger partial charge in [0.15, 0.2) is 0 Å². The summed E-state index contributed by atoms with van der Waals surface area (Å²) in [6, 6.07) is 0. The van der Waals surface area contributed by atoms with Crippen molar-refractivity contribution in [3.63, 3.8) is 0 Å². The van der Waals surface area contributed by atoms with Crippen LogP contribution in [-0.2, 0) is 4.79 Å². The van der Waals surface area contributed by atoms with Gasteiger partial charge in [0.1, 0.15) is 0 Å². The molecule has 0 unspecified atom stereocenters. The van der Waals surface area contributed by atoms with Crippen LogP contribution < -0.4 is 0 Å².